The second kappa shape index (κ2) is 7.27. The monoisotopic (exact) mass is 357 g/mol. The SMILES string of the molecule is Cn1nc(CC(=O)NC2(C(=O)O)CCCCCC2)c2ccccc2c1=O. The molecule has 0 unspecified atom stereocenters. The molecule has 1 aliphatic carbocycles. The highest BCUT2D eigenvalue weighted by atomic mass is 16.4. The highest BCUT2D eigenvalue weighted by molar-refractivity contribution is 5.91. The largest absolute Gasteiger partial charge is 0.480 e. The predicted molar refractivity (Wildman–Crippen MR) is 96.9 cm³/mol. The Kier molecular flexibility index (Phi) is 5.06. The lowest BCUT2D eigenvalue weighted by atomic mass is 9.90. The van der Waals surface area contributed by atoms with Crippen molar-refractivity contribution in [2.24, 2.45) is 7.05 Å². The number of benzene rings is 1. The summed E-state index contributed by atoms with van der Waals surface area (Å²) in [6.45, 7) is 0. The summed E-state index contributed by atoms with van der Waals surface area (Å²) in [7, 11) is 1.54. The van der Waals surface area contributed by atoms with Gasteiger partial charge in [0.05, 0.1) is 17.5 Å². The van der Waals surface area contributed by atoms with Crippen molar-refractivity contribution < 1.29 is 14.7 Å². The van der Waals surface area contributed by atoms with Crippen LogP contribution < -0.4 is 10.9 Å². The first-order valence-corrected chi connectivity index (χ1v) is 8.92. The number of hydrogen-bond acceptors (Lipinski definition) is 4. The van der Waals surface area contributed by atoms with Gasteiger partial charge in [-0.15, -0.1) is 0 Å². The molecule has 26 heavy (non-hydrogen) atoms. The van der Waals surface area contributed by atoms with Crippen molar-refractivity contribution in [3.8, 4) is 0 Å². The van der Waals surface area contributed by atoms with E-state index in [-0.39, 0.29) is 17.9 Å². The fourth-order valence-electron chi connectivity index (χ4n) is 3.69. The number of nitrogens with one attached hydrogen (secondary N) is 1. The average Bonchev–Trinajstić information content (AvgIpc) is 2.86. The first-order chi connectivity index (χ1) is 12.4. The summed E-state index contributed by atoms with van der Waals surface area (Å²) < 4.78 is 1.21. The molecule has 0 aliphatic heterocycles. The molecular formula is C19H23N3O4. The predicted octanol–water partition coefficient (Wildman–Crippen LogP) is 1.77. The summed E-state index contributed by atoms with van der Waals surface area (Å²) in [5.74, 6) is -1.36. The van der Waals surface area contributed by atoms with Gasteiger partial charge in [-0.3, -0.25) is 9.59 Å². The molecule has 0 spiro atoms. The lowest BCUT2D eigenvalue weighted by Gasteiger charge is -2.29. The number of nitrogens with zero attached hydrogens (tertiary/aromatic N) is 2. The molecule has 7 nitrogen and oxygen atoms in total. The van der Waals surface area contributed by atoms with Crippen molar-refractivity contribution in [2.45, 2.75) is 50.5 Å². The van der Waals surface area contributed by atoms with Crippen LogP contribution in [-0.4, -0.2) is 32.3 Å². The van der Waals surface area contributed by atoms with E-state index in [0.29, 0.717) is 29.3 Å². The van der Waals surface area contributed by atoms with Gasteiger partial charge in [-0.25, -0.2) is 9.48 Å². The van der Waals surface area contributed by atoms with Crippen molar-refractivity contribution in [3.63, 3.8) is 0 Å². The van der Waals surface area contributed by atoms with E-state index < -0.39 is 11.5 Å². The summed E-state index contributed by atoms with van der Waals surface area (Å²) in [6.07, 6.45) is 4.35. The number of amides is 1. The molecule has 1 aromatic carbocycles. The fraction of sp³-hybridized carbons (Fsp3) is 0.474. The summed E-state index contributed by atoms with van der Waals surface area (Å²) in [4.78, 5) is 36.7. The summed E-state index contributed by atoms with van der Waals surface area (Å²) >= 11 is 0. The number of carbonyl (C=O) groups is 2. The zero-order valence-corrected chi connectivity index (χ0v) is 14.8. The number of aryl methyl sites for hydroxylation is 1. The van der Waals surface area contributed by atoms with Gasteiger partial charge in [0.2, 0.25) is 5.91 Å². The maximum atomic E-state index is 12.6. The van der Waals surface area contributed by atoms with Crippen molar-refractivity contribution in [1.29, 1.82) is 0 Å². The Morgan fingerprint density at radius 3 is 2.38 bits per heavy atom. The molecule has 3 rings (SSSR count). The first-order valence-electron chi connectivity index (χ1n) is 8.92. The minimum absolute atomic E-state index is 0.0658. The third-order valence-corrected chi connectivity index (χ3v) is 5.11. The van der Waals surface area contributed by atoms with Crippen LogP contribution in [-0.2, 0) is 23.1 Å². The summed E-state index contributed by atoms with van der Waals surface area (Å²) in [5.41, 5.74) is -0.964. The van der Waals surface area contributed by atoms with E-state index in [0.717, 1.165) is 25.7 Å². The van der Waals surface area contributed by atoms with Crippen LogP contribution in [0.1, 0.15) is 44.2 Å². The average molecular weight is 357 g/mol. The standard InChI is InChI=1S/C19H23N3O4/c1-22-17(24)14-9-5-4-8-13(14)15(21-22)12-16(23)20-19(18(25)26)10-6-2-3-7-11-19/h4-5,8-9H,2-3,6-7,10-12H2,1H3,(H,20,23)(H,25,26). The molecule has 2 aromatic rings. The topological polar surface area (TPSA) is 101 Å². The van der Waals surface area contributed by atoms with Gasteiger partial charge < -0.3 is 10.4 Å². The van der Waals surface area contributed by atoms with Crippen LogP contribution >= 0.6 is 0 Å². The first kappa shape index (κ1) is 18.1. The van der Waals surface area contributed by atoms with Crippen LogP contribution in [0.3, 0.4) is 0 Å². The molecule has 0 atom stereocenters. The Bertz CT molecular complexity index is 895. The van der Waals surface area contributed by atoms with Gasteiger partial charge in [0, 0.05) is 12.4 Å². The number of carboxylic acid groups (broad SMARTS) is 1. The van der Waals surface area contributed by atoms with Gasteiger partial charge in [-0.2, -0.15) is 5.10 Å². The van der Waals surface area contributed by atoms with Crippen LogP contribution in [0.25, 0.3) is 10.8 Å². The Labute approximate surface area is 151 Å². The van der Waals surface area contributed by atoms with E-state index in [2.05, 4.69) is 10.4 Å². The molecule has 138 valence electrons. The van der Waals surface area contributed by atoms with Crippen LogP contribution in [0.15, 0.2) is 29.1 Å². The van der Waals surface area contributed by atoms with Crippen LogP contribution in [0, 0.1) is 0 Å². The third-order valence-electron chi connectivity index (χ3n) is 5.11. The molecule has 2 N–H and O–H groups in total. The lowest BCUT2D eigenvalue weighted by molar-refractivity contribution is -0.148. The van der Waals surface area contributed by atoms with Gasteiger partial charge in [-0.05, 0) is 18.9 Å². The van der Waals surface area contributed by atoms with Crippen molar-refractivity contribution in [1.82, 2.24) is 15.1 Å². The molecule has 0 radical (unpaired) electrons. The zero-order chi connectivity index (χ0) is 18.7. The van der Waals surface area contributed by atoms with Gasteiger partial charge in [-0.1, -0.05) is 43.9 Å². The van der Waals surface area contributed by atoms with Gasteiger partial charge >= 0.3 is 5.97 Å². The van der Waals surface area contributed by atoms with E-state index in [4.69, 9.17) is 0 Å². The molecule has 1 heterocycles. The number of fused-ring (bicyclic) bond motifs is 1. The number of aromatic nitrogens is 2. The number of hydrogen-bond donors (Lipinski definition) is 2. The minimum Gasteiger partial charge on any atom is -0.480 e. The van der Waals surface area contributed by atoms with Gasteiger partial charge in [0.15, 0.2) is 0 Å². The second-order valence-corrected chi connectivity index (χ2v) is 6.95. The highest BCUT2D eigenvalue weighted by Gasteiger charge is 2.40. The Hall–Kier alpha value is -2.70. The molecule has 1 saturated carbocycles. The number of carboxylic acids is 1. The maximum absolute atomic E-state index is 12.6. The molecular weight excluding hydrogens is 334 g/mol. The van der Waals surface area contributed by atoms with Crippen molar-refractivity contribution in [2.75, 3.05) is 0 Å². The lowest BCUT2D eigenvalue weighted by Crippen LogP contribution is -2.54. The molecule has 0 bridgehead atoms. The smallest absolute Gasteiger partial charge is 0.329 e. The number of carbonyl (C=O) groups excluding carboxylic acids is 1. The van der Waals surface area contributed by atoms with E-state index in [9.17, 15) is 19.5 Å². The summed E-state index contributed by atoms with van der Waals surface area (Å²) in [6, 6.07) is 7.00. The normalized spacial score (nSPS) is 16.8. The van der Waals surface area contributed by atoms with Crippen molar-refractivity contribution in [3.05, 3.63) is 40.3 Å². The third kappa shape index (κ3) is 3.47. The second-order valence-electron chi connectivity index (χ2n) is 6.95. The molecule has 1 amide bonds. The quantitative estimate of drug-likeness (QED) is 0.812. The maximum Gasteiger partial charge on any atom is 0.329 e. The number of aliphatic carboxylic acids is 1. The minimum atomic E-state index is -1.20. The van der Waals surface area contributed by atoms with Crippen LogP contribution in [0.5, 0.6) is 0 Å². The number of rotatable bonds is 4. The molecule has 0 saturated heterocycles. The van der Waals surface area contributed by atoms with E-state index >= 15 is 0 Å². The Morgan fingerprint density at radius 2 is 1.77 bits per heavy atom. The Morgan fingerprint density at radius 1 is 1.15 bits per heavy atom. The molecule has 1 fully saturated rings. The van der Waals surface area contributed by atoms with E-state index in [1.807, 2.05) is 0 Å². The summed E-state index contributed by atoms with van der Waals surface area (Å²) in [5, 5.41) is 17.8. The molecule has 1 aliphatic rings. The van der Waals surface area contributed by atoms with Crippen LogP contribution in [0.4, 0.5) is 0 Å². The van der Waals surface area contributed by atoms with E-state index in [1.54, 1.807) is 31.3 Å². The Balaban J connectivity index is 1.88. The van der Waals surface area contributed by atoms with Crippen LogP contribution in [0.2, 0.25) is 0 Å². The van der Waals surface area contributed by atoms with Gasteiger partial charge in [0.25, 0.3) is 5.56 Å². The highest BCUT2D eigenvalue weighted by Crippen LogP contribution is 2.27. The zero-order valence-electron chi connectivity index (χ0n) is 14.8. The van der Waals surface area contributed by atoms with Crippen molar-refractivity contribution >= 4 is 22.6 Å². The fourth-order valence-corrected chi connectivity index (χ4v) is 3.69. The van der Waals surface area contributed by atoms with Gasteiger partial charge in [0.1, 0.15) is 5.54 Å². The van der Waals surface area contributed by atoms with E-state index in [1.165, 1.54) is 4.68 Å². The molecule has 1 aromatic heterocycles. The molecule has 7 heteroatoms.